The van der Waals surface area contributed by atoms with Crippen LogP contribution in [0.2, 0.25) is 0 Å². The second kappa shape index (κ2) is 6.16. The number of hydrogen-bond donors (Lipinski definition) is 0. The average molecular weight is 321 g/mol. The third-order valence-electron chi connectivity index (χ3n) is 4.37. The van der Waals surface area contributed by atoms with E-state index in [4.69, 9.17) is 4.74 Å². The Kier molecular flexibility index (Phi) is 4.18. The fraction of sp³-hybridized carbons (Fsp3) is 0.286. The van der Waals surface area contributed by atoms with E-state index in [9.17, 15) is 4.79 Å². The van der Waals surface area contributed by atoms with Crippen molar-refractivity contribution in [3.05, 3.63) is 71.9 Å². The lowest BCUT2D eigenvalue weighted by Crippen LogP contribution is -2.21. The van der Waals surface area contributed by atoms with Gasteiger partial charge in [0.25, 0.3) is 0 Å². The predicted molar refractivity (Wildman–Crippen MR) is 97.2 cm³/mol. The minimum Gasteiger partial charge on any atom is -0.467 e. The van der Waals surface area contributed by atoms with E-state index in [0.717, 1.165) is 11.1 Å². The van der Waals surface area contributed by atoms with Gasteiger partial charge in [-0.05, 0) is 22.6 Å². The van der Waals surface area contributed by atoms with Gasteiger partial charge in [0, 0.05) is 17.1 Å². The number of ether oxygens (including phenoxy) is 1. The van der Waals surface area contributed by atoms with Crippen LogP contribution in [0.15, 0.2) is 60.8 Å². The molecule has 3 heteroatoms. The third kappa shape index (κ3) is 2.82. The van der Waals surface area contributed by atoms with E-state index in [1.165, 1.54) is 18.1 Å². The highest BCUT2D eigenvalue weighted by atomic mass is 16.5. The first-order chi connectivity index (χ1) is 11.4. The van der Waals surface area contributed by atoms with Gasteiger partial charge in [-0.1, -0.05) is 69.3 Å². The second-order valence-electron chi connectivity index (χ2n) is 7.05. The Balaban J connectivity index is 2.28. The van der Waals surface area contributed by atoms with E-state index in [1.54, 1.807) is 0 Å². The molecule has 0 bridgehead atoms. The molecule has 124 valence electrons. The number of esters is 1. The van der Waals surface area contributed by atoms with Crippen LogP contribution in [0.25, 0.3) is 10.9 Å². The lowest BCUT2D eigenvalue weighted by Gasteiger charge is -2.19. The molecule has 0 spiro atoms. The number of rotatable bonds is 3. The van der Waals surface area contributed by atoms with Crippen molar-refractivity contribution in [3.63, 3.8) is 0 Å². The van der Waals surface area contributed by atoms with Crippen molar-refractivity contribution in [2.45, 2.75) is 32.2 Å². The molecule has 3 nitrogen and oxygen atoms in total. The Morgan fingerprint density at radius 1 is 1.00 bits per heavy atom. The SMILES string of the molecule is COC(=O)C(c1ccccc1)n1cc(C(C)(C)C)c2ccccc21. The lowest BCUT2D eigenvalue weighted by atomic mass is 9.87. The molecule has 0 saturated carbocycles. The molecule has 0 amide bonds. The molecule has 1 atom stereocenters. The van der Waals surface area contributed by atoms with Crippen molar-refractivity contribution in [2.75, 3.05) is 7.11 Å². The second-order valence-corrected chi connectivity index (χ2v) is 7.05. The van der Waals surface area contributed by atoms with E-state index in [-0.39, 0.29) is 11.4 Å². The number of carbonyl (C=O) groups excluding carboxylic acids is 1. The molecule has 0 aliphatic carbocycles. The van der Waals surface area contributed by atoms with Gasteiger partial charge in [0.1, 0.15) is 0 Å². The fourth-order valence-electron chi connectivity index (χ4n) is 3.17. The number of aromatic nitrogens is 1. The number of carbonyl (C=O) groups is 1. The topological polar surface area (TPSA) is 31.2 Å². The summed E-state index contributed by atoms with van der Waals surface area (Å²) in [5.41, 5.74) is 3.18. The monoisotopic (exact) mass is 321 g/mol. The van der Waals surface area contributed by atoms with E-state index >= 15 is 0 Å². The minimum atomic E-state index is -0.489. The summed E-state index contributed by atoms with van der Waals surface area (Å²) in [5.74, 6) is -0.262. The molecular formula is C21H23NO2. The third-order valence-corrected chi connectivity index (χ3v) is 4.37. The van der Waals surface area contributed by atoms with Crippen molar-refractivity contribution in [1.82, 2.24) is 4.57 Å². The molecule has 0 radical (unpaired) electrons. The summed E-state index contributed by atoms with van der Waals surface area (Å²) in [5, 5.41) is 1.18. The molecule has 0 saturated heterocycles. The number of nitrogens with zero attached hydrogens (tertiary/aromatic N) is 1. The molecule has 1 heterocycles. The number of para-hydroxylation sites is 1. The van der Waals surface area contributed by atoms with Crippen LogP contribution in [-0.2, 0) is 14.9 Å². The quantitative estimate of drug-likeness (QED) is 0.655. The zero-order valence-corrected chi connectivity index (χ0v) is 14.6. The first-order valence-electron chi connectivity index (χ1n) is 8.16. The summed E-state index contributed by atoms with van der Waals surface area (Å²) in [6.07, 6.45) is 2.10. The minimum absolute atomic E-state index is 0.0117. The first-order valence-corrected chi connectivity index (χ1v) is 8.16. The highest BCUT2D eigenvalue weighted by Gasteiger charge is 2.28. The van der Waals surface area contributed by atoms with Gasteiger partial charge in [-0.2, -0.15) is 0 Å². The maximum atomic E-state index is 12.6. The number of hydrogen-bond acceptors (Lipinski definition) is 2. The average Bonchev–Trinajstić information content (AvgIpc) is 2.96. The van der Waals surface area contributed by atoms with E-state index in [2.05, 4.69) is 39.1 Å². The van der Waals surface area contributed by atoms with Gasteiger partial charge in [-0.3, -0.25) is 0 Å². The summed E-state index contributed by atoms with van der Waals surface area (Å²) >= 11 is 0. The van der Waals surface area contributed by atoms with Crippen LogP contribution in [0.4, 0.5) is 0 Å². The number of fused-ring (bicyclic) bond motifs is 1. The maximum Gasteiger partial charge on any atom is 0.333 e. The highest BCUT2D eigenvalue weighted by molar-refractivity contribution is 5.88. The predicted octanol–water partition coefficient (Wildman–Crippen LogP) is 4.70. The van der Waals surface area contributed by atoms with Gasteiger partial charge < -0.3 is 9.30 Å². The van der Waals surface area contributed by atoms with Crippen molar-refractivity contribution in [2.24, 2.45) is 0 Å². The Bertz CT molecular complexity index is 856. The Morgan fingerprint density at radius 2 is 1.62 bits per heavy atom. The van der Waals surface area contributed by atoms with Crippen LogP contribution < -0.4 is 0 Å². The number of methoxy groups -OCH3 is 1. The van der Waals surface area contributed by atoms with E-state index < -0.39 is 6.04 Å². The molecule has 3 rings (SSSR count). The Hall–Kier alpha value is -2.55. The van der Waals surface area contributed by atoms with Crippen LogP contribution in [0.3, 0.4) is 0 Å². The standard InChI is InChI=1S/C21H23NO2/c1-21(2,3)17-14-22(18-13-9-8-12-16(17)18)19(20(23)24-4)15-10-6-5-7-11-15/h5-14,19H,1-4H3. The summed E-state index contributed by atoms with van der Waals surface area (Å²) in [6, 6.07) is 17.5. The Morgan fingerprint density at radius 3 is 2.25 bits per heavy atom. The first kappa shape index (κ1) is 16.3. The molecule has 24 heavy (non-hydrogen) atoms. The van der Waals surface area contributed by atoms with Gasteiger partial charge in [0.15, 0.2) is 6.04 Å². The summed E-state index contributed by atoms with van der Waals surface area (Å²) < 4.78 is 7.14. The lowest BCUT2D eigenvalue weighted by molar-refractivity contribution is -0.143. The maximum absolute atomic E-state index is 12.6. The Labute approximate surface area is 142 Å². The normalized spacial score (nSPS) is 13.0. The zero-order valence-electron chi connectivity index (χ0n) is 14.6. The summed E-state index contributed by atoms with van der Waals surface area (Å²) in [4.78, 5) is 12.6. The molecule has 2 aromatic carbocycles. The molecule has 0 N–H and O–H groups in total. The molecule has 0 fully saturated rings. The molecular weight excluding hydrogens is 298 g/mol. The smallest absolute Gasteiger partial charge is 0.333 e. The largest absolute Gasteiger partial charge is 0.467 e. The summed E-state index contributed by atoms with van der Waals surface area (Å²) in [7, 11) is 1.44. The van der Waals surface area contributed by atoms with E-state index in [0.29, 0.717) is 0 Å². The van der Waals surface area contributed by atoms with Gasteiger partial charge in [0.05, 0.1) is 7.11 Å². The molecule has 3 aromatic rings. The van der Waals surface area contributed by atoms with Crippen LogP contribution in [0.1, 0.15) is 37.9 Å². The van der Waals surface area contributed by atoms with E-state index in [1.807, 2.05) is 47.0 Å². The highest BCUT2D eigenvalue weighted by Crippen LogP contribution is 2.35. The van der Waals surface area contributed by atoms with Gasteiger partial charge >= 0.3 is 5.97 Å². The fourth-order valence-corrected chi connectivity index (χ4v) is 3.17. The van der Waals surface area contributed by atoms with Crippen molar-refractivity contribution >= 4 is 16.9 Å². The molecule has 1 unspecified atom stereocenters. The molecule has 0 aliphatic heterocycles. The molecule has 0 aliphatic rings. The van der Waals surface area contributed by atoms with Crippen LogP contribution in [0.5, 0.6) is 0 Å². The summed E-state index contributed by atoms with van der Waals surface area (Å²) in [6.45, 7) is 6.57. The van der Waals surface area contributed by atoms with Crippen LogP contribution in [-0.4, -0.2) is 17.6 Å². The number of benzene rings is 2. The van der Waals surface area contributed by atoms with Gasteiger partial charge in [-0.25, -0.2) is 4.79 Å². The van der Waals surface area contributed by atoms with Crippen molar-refractivity contribution in [1.29, 1.82) is 0 Å². The van der Waals surface area contributed by atoms with Crippen molar-refractivity contribution < 1.29 is 9.53 Å². The zero-order chi connectivity index (χ0) is 17.3. The van der Waals surface area contributed by atoms with Crippen LogP contribution in [0, 0.1) is 0 Å². The van der Waals surface area contributed by atoms with Gasteiger partial charge in [-0.15, -0.1) is 0 Å². The van der Waals surface area contributed by atoms with Crippen molar-refractivity contribution in [3.8, 4) is 0 Å². The molecule has 1 aromatic heterocycles. The van der Waals surface area contributed by atoms with Gasteiger partial charge in [0.2, 0.25) is 0 Å². The van der Waals surface area contributed by atoms with Crippen LogP contribution >= 0.6 is 0 Å².